The number of unbranched alkanes of at least 4 members (excludes halogenated alkanes) is 6. The molecule has 0 bridgehead atoms. The van der Waals surface area contributed by atoms with Crippen molar-refractivity contribution < 1.29 is 0 Å². The molecule has 0 amide bonds. The Morgan fingerprint density at radius 3 is 1.59 bits per heavy atom. The van der Waals surface area contributed by atoms with Crippen molar-refractivity contribution in [2.45, 2.75) is 51.4 Å². The third-order valence-electron chi connectivity index (χ3n) is 3.29. The van der Waals surface area contributed by atoms with Crippen LogP contribution < -0.4 is 0 Å². The van der Waals surface area contributed by atoms with Gasteiger partial charge in [0.1, 0.15) is 0 Å². The van der Waals surface area contributed by atoms with Crippen molar-refractivity contribution in [3.8, 4) is 23.7 Å². The third kappa shape index (κ3) is 8.18. The minimum absolute atomic E-state index is 0.942. The molecule has 0 saturated heterocycles. The first kappa shape index (κ1) is 17.9. The van der Waals surface area contributed by atoms with Gasteiger partial charge in [-0.25, -0.2) is 0 Å². The van der Waals surface area contributed by atoms with E-state index in [1.165, 1.54) is 12.8 Å². The Balaban J connectivity index is 2.51. The van der Waals surface area contributed by atoms with E-state index in [1.54, 1.807) is 0 Å². The monoisotopic (exact) mass is 290 g/mol. The highest BCUT2D eigenvalue weighted by atomic mass is 14.0. The Kier molecular flexibility index (Phi) is 10.2. The fourth-order valence-corrected chi connectivity index (χ4v) is 2.02. The molecule has 0 radical (unpaired) electrons. The molecule has 0 unspecified atom stereocenters. The fourth-order valence-electron chi connectivity index (χ4n) is 2.02. The second-order valence-corrected chi connectivity index (χ2v) is 5.22. The fraction of sp³-hybridized carbons (Fsp3) is 0.364. The molecule has 0 heteroatoms. The smallest absolute Gasteiger partial charge is 0.0401 e. The van der Waals surface area contributed by atoms with Crippen molar-refractivity contribution >= 4 is 0 Å². The zero-order valence-corrected chi connectivity index (χ0v) is 13.5. The predicted molar refractivity (Wildman–Crippen MR) is 97.5 cm³/mol. The van der Waals surface area contributed by atoms with Crippen LogP contribution >= 0.6 is 0 Å². The van der Waals surface area contributed by atoms with Crippen LogP contribution in [0.2, 0.25) is 0 Å². The number of allylic oxidation sites excluding steroid dienone is 2. The molecular formula is C22H26. The maximum absolute atomic E-state index is 3.73. The lowest BCUT2D eigenvalue weighted by Crippen LogP contribution is -1.83. The van der Waals surface area contributed by atoms with E-state index in [4.69, 9.17) is 0 Å². The zero-order valence-electron chi connectivity index (χ0n) is 13.5. The summed E-state index contributed by atoms with van der Waals surface area (Å²) in [5, 5.41) is 0. The summed E-state index contributed by atoms with van der Waals surface area (Å²) in [6.07, 6.45) is 12.6. The summed E-state index contributed by atoms with van der Waals surface area (Å²) in [7, 11) is 0. The van der Waals surface area contributed by atoms with Crippen LogP contribution in [0.1, 0.15) is 62.5 Å². The predicted octanol–water partition coefficient (Wildman–Crippen LogP) is 5.88. The van der Waals surface area contributed by atoms with Crippen LogP contribution in [0.15, 0.2) is 49.6 Å². The molecule has 114 valence electrons. The summed E-state index contributed by atoms with van der Waals surface area (Å²) in [4.78, 5) is 0. The third-order valence-corrected chi connectivity index (χ3v) is 3.29. The van der Waals surface area contributed by atoms with E-state index in [1.807, 2.05) is 24.3 Å². The standard InChI is InChI=1S/C22H26/c1-3-5-7-9-11-13-17-21-19-15-16-20-22(21)18-14-12-10-8-6-4-2/h3-4,15-16,19-20H,1-2,5-12H2. The molecule has 1 aromatic rings. The molecule has 0 aliphatic carbocycles. The average Bonchev–Trinajstić information content (AvgIpc) is 2.55. The molecule has 0 spiro atoms. The quantitative estimate of drug-likeness (QED) is 0.318. The molecule has 0 atom stereocenters. The molecule has 0 heterocycles. The minimum Gasteiger partial charge on any atom is -0.103 e. The highest BCUT2D eigenvalue weighted by molar-refractivity contribution is 5.49. The van der Waals surface area contributed by atoms with Crippen molar-refractivity contribution in [1.82, 2.24) is 0 Å². The Morgan fingerprint density at radius 2 is 1.18 bits per heavy atom. The molecule has 0 fully saturated rings. The van der Waals surface area contributed by atoms with Gasteiger partial charge in [-0.2, -0.15) is 0 Å². The lowest BCUT2D eigenvalue weighted by molar-refractivity contribution is 0.773. The van der Waals surface area contributed by atoms with Gasteiger partial charge in [-0.1, -0.05) is 48.0 Å². The van der Waals surface area contributed by atoms with Crippen LogP contribution in [-0.2, 0) is 0 Å². The van der Waals surface area contributed by atoms with Crippen molar-refractivity contribution in [3.63, 3.8) is 0 Å². The van der Waals surface area contributed by atoms with Crippen molar-refractivity contribution in [3.05, 3.63) is 60.7 Å². The van der Waals surface area contributed by atoms with Gasteiger partial charge in [0, 0.05) is 24.0 Å². The minimum atomic E-state index is 0.942. The molecule has 0 aromatic heterocycles. The van der Waals surface area contributed by atoms with Gasteiger partial charge in [-0.3, -0.25) is 0 Å². The first-order valence-electron chi connectivity index (χ1n) is 8.17. The second-order valence-electron chi connectivity index (χ2n) is 5.22. The van der Waals surface area contributed by atoms with E-state index in [2.05, 4.69) is 49.0 Å². The molecule has 1 aromatic carbocycles. The topological polar surface area (TPSA) is 0 Å². The van der Waals surface area contributed by atoms with Crippen molar-refractivity contribution in [2.75, 3.05) is 0 Å². The largest absolute Gasteiger partial charge is 0.103 e. The summed E-state index contributed by atoms with van der Waals surface area (Å²) in [6.45, 7) is 7.47. The summed E-state index contributed by atoms with van der Waals surface area (Å²) in [5.41, 5.74) is 2.09. The van der Waals surface area contributed by atoms with E-state index >= 15 is 0 Å². The van der Waals surface area contributed by atoms with Crippen LogP contribution in [0.5, 0.6) is 0 Å². The van der Waals surface area contributed by atoms with Gasteiger partial charge < -0.3 is 0 Å². The molecule has 0 aliphatic heterocycles. The summed E-state index contributed by atoms with van der Waals surface area (Å²) >= 11 is 0. The lowest BCUT2D eigenvalue weighted by Gasteiger charge is -1.96. The Hall–Kier alpha value is -2.18. The summed E-state index contributed by atoms with van der Waals surface area (Å²) in [5.74, 6) is 13.0. The van der Waals surface area contributed by atoms with Gasteiger partial charge in [-0.15, -0.1) is 13.2 Å². The summed E-state index contributed by atoms with van der Waals surface area (Å²) in [6, 6.07) is 8.16. The van der Waals surface area contributed by atoms with Crippen LogP contribution in [0, 0.1) is 23.7 Å². The SMILES string of the molecule is C=CCCCCC#Cc1ccccc1C#CCCCCC=C. The highest BCUT2D eigenvalue weighted by Gasteiger charge is 1.94. The number of rotatable bonds is 8. The second kappa shape index (κ2) is 12.6. The van der Waals surface area contributed by atoms with Gasteiger partial charge in [0.15, 0.2) is 0 Å². The van der Waals surface area contributed by atoms with Gasteiger partial charge in [0.25, 0.3) is 0 Å². The molecule has 22 heavy (non-hydrogen) atoms. The van der Waals surface area contributed by atoms with Crippen LogP contribution in [0.3, 0.4) is 0 Å². The maximum Gasteiger partial charge on any atom is 0.0401 e. The van der Waals surface area contributed by atoms with E-state index in [0.717, 1.165) is 49.7 Å². The molecule has 0 nitrogen and oxygen atoms in total. The number of benzene rings is 1. The summed E-state index contributed by atoms with van der Waals surface area (Å²) < 4.78 is 0. The lowest BCUT2D eigenvalue weighted by atomic mass is 10.1. The average molecular weight is 290 g/mol. The van der Waals surface area contributed by atoms with Crippen LogP contribution in [-0.4, -0.2) is 0 Å². The molecule has 0 saturated carbocycles. The Morgan fingerprint density at radius 1 is 0.727 bits per heavy atom. The molecule has 0 N–H and O–H groups in total. The first-order valence-corrected chi connectivity index (χ1v) is 8.17. The van der Waals surface area contributed by atoms with Gasteiger partial charge in [-0.05, 0) is 50.7 Å². The van der Waals surface area contributed by atoms with E-state index in [0.29, 0.717) is 0 Å². The maximum atomic E-state index is 3.73. The van der Waals surface area contributed by atoms with E-state index < -0.39 is 0 Å². The Labute approximate surface area is 136 Å². The van der Waals surface area contributed by atoms with Crippen molar-refractivity contribution in [1.29, 1.82) is 0 Å². The van der Waals surface area contributed by atoms with E-state index in [-0.39, 0.29) is 0 Å². The van der Waals surface area contributed by atoms with Gasteiger partial charge >= 0.3 is 0 Å². The Bertz CT molecular complexity index is 516. The van der Waals surface area contributed by atoms with E-state index in [9.17, 15) is 0 Å². The molecular weight excluding hydrogens is 264 g/mol. The van der Waals surface area contributed by atoms with Gasteiger partial charge in [0.05, 0.1) is 0 Å². The van der Waals surface area contributed by atoms with Crippen molar-refractivity contribution in [2.24, 2.45) is 0 Å². The number of hydrogen-bond donors (Lipinski definition) is 0. The number of hydrogen-bond acceptors (Lipinski definition) is 0. The van der Waals surface area contributed by atoms with Crippen LogP contribution in [0.25, 0.3) is 0 Å². The molecule has 1 rings (SSSR count). The van der Waals surface area contributed by atoms with Crippen LogP contribution in [0.4, 0.5) is 0 Å². The highest BCUT2D eigenvalue weighted by Crippen LogP contribution is 2.07. The molecule has 0 aliphatic rings. The first-order chi connectivity index (χ1) is 10.9. The van der Waals surface area contributed by atoms with Gasteiger partial charge in [0.2, 0.25) is 0 Å². The normalized spacial score (nSPS) is 9.09. The zero-order chi connectivity index (χ0) is 15.9.